The molecule has 0 saturated heterocycles. The molecule has 0 atom stereocenters. The second-order valence-corrected chi connectivity index (χ2v) is 5.48. The maximum Gasteiger partial charge on any atom is 0.200 e. The summed E-state index contributed by atoms with van der Waals surface area (Å²) in [5.74, 6) is -2.22. The summed E-state index contributed by atoms with van der Waals surface area (Å²) >= 11 is 14.8. The van der Waals surface area contributed by atoms with Crippen LogP contribution >= 0.6 is 39.1 Å². The molecule has 0 aliphatic carbocycles. The summed E-state index contributed by atoms with van der Waals surface area (Å²) in [6.45, 7) is -0.00773. The molecule has 0 saturated carbocycles. The van der Waals surface area contributed by atoms with Crippen LogP contribution in [0.3, 0.4) is 0 Å². The van der Waals surface area contributed by atoms with Gasteiger partial charge >= 0.3 is 0 Å². The smallest absolute Gasteiger partial charge is 0.200 e. The van der Waals surface area contributed by atoms with Crippen molar-refractivity contribution in [3.05, 3.63) is 62.0 Å². The Hall–Kier alpha value is -0.840. The lowest BCUT2D eigenvalue weighted by molar-refractivity contribution is 0.284. The number of hydrogen-bond acceptors (Lipinski definition) is 1. The van der Waals surface area contributed by atoms with Crippen LogP contribution < -0.4 is 4.74 Å². The first-order valence-corrected chi connectivity index (χ1v) is 6.73. The maximum atomic E-state index is 13.5. The standard InChI is InChI=1S/C13H7BrCl2F2O/c14-8-4-11(17)13(18)12(5-8)19-6-7-3-9(15)1-2-10(7)16/h1-5H,6H2. The highest BCUT2D eigenvalue weighted by Crippen LogP contribution is 2.27. The first-order chi connectivity index (χ1) is 8.97. The Labute approximate surface area is 127 Å². The molecular weight excluding hydrogens is 361 g/mol. The Bertz CT molecular complexity index is 620. The number of benzene rings is 2. The molecular formula is C13H7BrCl2F2O. The molecule has 0 heterocycles. The third-order valence-electron chi connectivity index (χ3n) is 2.35. The van der Waals surface area contributed by atoms with Gasteiger partial charge in [-0.05, 0) is 30.3 Å². The van der Waals surface area contributed by atoms with Crippen LogP contribution in [-0.2, 0) is 6.61 Å². The number of rotatable bonds is 3. The highest BCUT2D eigenvalue weighted by Gasteiger charge is 2.12. The molecule has 0 fully saturated rings. The van der Waals surface area contributed by atoms with E-state index in [1.165, 1.54) is 6.07 Å². The largest absolute Gasteiger partial charge is 0.486 e. The molecule has 0 bridgehead atoms. The van der Waals surface area contributed by atoms with Gasteiger partial charge in [0.15, 0.2) is 11.6 Å². The van der Waals surface area contributed by atoms with Crippen molar-refractivity contribution in [2.24, 2.45) is 0 Å². The number of halogens is 5. The predicted molar refractivity (Wildman–Crippen MR) is 74.9 cm³/mol. The molecule has 6 heteroatoms. The maximum absolute atomic E-state index is 13.5. The van der Waals surface area contributed by atoms with Gasteiger partial charge in [0, 0.05) is 20.1 Å². The highest BCUT2D eigenvalue weighted by molar-refractivity contribution is 9.10. The molecule has 1 nitrogen and oxygen atoms in total. The summed E-state index contributed by atoms with van der Waals surface area (Å²) in [6.07, 6.45) is 0. The van der Waals surface area contributed by atoms with Crippen LogP contribution in [0.5, 0.6) is 5.75 Å². The second kappa shape index (κ2) is 6.07. The SMILES string of the molecule is Fc1cc(Br)cc(OCc2cc(Cl)ccc2Cl)c1F. The van der Waals surface area contributed by atoms with Crippen LogP contribution in [0.25, 0.3) is 0 Å². The fraction of sp³-hybridized carbons (Fsp3) is 0.0769. The van der Waals surface area contributed by atoms with Gasteiger partial charge in [-0.25, -0.2) is 4.39 Å². The fourth-order valence-electron chi connectivity index (χ4n) is 1.45. The Kier molecular flexibility index (Phi) is 4.66. The minimum absolute atomic E-state index is 0.00773. The third kappa shape index (κ3) is 3.59. The van der Waals surface area contributed by atoms with Crippen molar-refractivity contribution in [1.29, 1.82) is 0 Å². The van der Waals surface area contributed by atoms with Gasteiger partial charge in [0.25, 0.3) is 0 Å². The second-order valence-electron chi connectivity index (χ2n) is 3.72. The van der Waals surface area contributed by atoms with E-state index in [2.05, 4.69) is 15.9 Å². The molecule has 0 aliphatic rings. The van der Waals surface area contributed by atoms with Crippen LogP contribution in [0, 0.1) is 11.6 Å². The van der Waals surface area contributed by atoms with Crippen LogP contribution in [0.15, 0.2) is 34.8 Å². The van der Waals surface area contributed by atoms with Crippen LogP contribution in [0.2, 0.25) is 10.0 Å². The lowest BCUT2D eigenvalue weighted by Crippen LogP contribution is -2.00. The Morgan fingerprint density at radius 3 is 2.58 bits per heavy atom. The van der Waals surface area contributed by atoms with Crippen molar-refractivity contribution in [1.82, 2.24) is 0 Å². The zero-order valence-electron chi connectivity index (χ0n) is 9.39. The van der Waals surface area contributed by atoms with Crippen LogP contribution in [0.4, 0.5) is 8.78 Å². The van der Waals surface area contributed by atoms with E-state index >= 15 is 0 Å². The summed E-state index contributed by atoms with van der Waals surface area (Å²) in [6, 6.07) is 7.22. The molecule has 0 aromatic heterocycles. The van der Waals surface area contributed by atoms with Gasteiger partial charge in [-0.2, -0.15) is 4.39 Å². The quantitative estimate of drug-likeness (QED) is 0.640. The molecule has 0 unspecified atom stereocenters. The Balaban J connectivity index is 2.21. The Morgan fingerprint density at radius 2 is 1.84 bits per heavy atom. The van der Waals surface area contributed by atoms with E-state index in [9.17, 15) is 8.78 Å². The van der Waals surface area contributed by atoms with Gasteiger partial charge in [0.2, 0.25) is 5.82 Å². The topological polar surface area (TPSA) is 9.23 Å². The average molecular weight is 368 g/mol. The van der Waals surface area contributed by atoms with Crippen LogP contribution in [-0.4, -0.2) is 0 Å². The Morgan fingerprint density at radius 1 is 1.11 bits per heavy atom. The van der Waals surface area contributed by atoms with Gasteiger partial charge < -0.3 is 4.74 Å². The van der Waals surface area contributed by atoms with E-state index < -0.39 is 11.6 Å². The number of hydrogen-bond donors (Lipinski definition) is 0. The molecule has 0 radical (unpaired) electrons. The zero-order valence-corrected chi connectivity index (χ0v) is 12.5. The van der Waals surface area contributed by atoms with Gasteiger partial charge in [0.05, 0.1) is 0 Å². The molecule has 2 rings (SSSR count). The van der Waals surface area contributed by atoms with Gasteiger partial charge in [0.1, 0.15) is 6.61 Å². The molecule has 0 N–H and O–H groups in total. The third-order valence-corrected chi connectivity index (χ3v) is 3.41. The van der Waals surface area contributed by atoms with Gasteiger partial charge in [-0.1, -0.05) is 39.1 Å². The summed E-state index contributed by atoms with van der Waals surface area (Å²) in [7, 11) is 0. The molecule has 19 heavy (non-hydrogen) atoms. The zero-order chi connectivity index (χ0) is 14.0. The lowest BCUT2D eigenvalue weighted by Gasteiger charge is -2.10. The molecule has 2 aromatic rings. The molecule has 0 aliphatic heterocycles. The van der Waals surface area contributed by atoms with Crippen molar-refractivity contribution in [2.75, 3.05) is 0 Å². The molecule has 100 valence electrons. The predicted octanol–water partition coefficient (Wildman–Crippen LogP) is 5.61. The average Bonchev–Trinajstić information content (AvgIpc) is 2.35. The molecule has 0 spiro atoms. The minimum atomic E-state index is -1.04. The molecule has 2 aromatic carbocycles. The highest BCUT2D eigenvalue weighted by atomic mass is 79.9. The van der Waals surface area contributed by atoms with E-state index in [0.29, 0.717) is 20.1 Å². The van der Waals surface area contributed by atoms with Crippen molar-refractivity contribution < 1.29 is 13.5 Å². The number of ether oxygens (including phenoxy) is 1. The normalized spacial score (nSPS) is 10.6. The van der Waals surface area contributed by atoms with E-state index in [4.69, 9.17) is 27.9 Å². The van der Waals surface area contributed by atoms with E-state index in [1.54, 1.807) is 18.2 Å². The summed E-state index contributed by atoms with van der Waals surface area (Å²) in [4.78, 5) is 0. The van der Waals surface area contributed by atoms with E-state index in [1.807, 2.05) is 0 Å². The van der Waals surface area contributed by atoms with Crippen molar-refractivity contribution >= 4 is 39.1 Å². The monoisotopic (exact) mass is 366 g/mol. The van der Waals surface area contributed by atoms with Crippen molar-refractivity contribution in [3.63, 3.8) is 0 Å². The summed E-state index contributed by atoms with van der Waals surface area (Å²) in [5, 5.41) is 0.934. The lowest BCUT2D eigenvalue weighted by atomic mass is 10.2. The van der Waals surface area contributed by atoms with Gasteiger partial charge in [-0.15, -0.1) is 0 Å². The summed E-state index contributed by atoms with van der Waals surface area (Å²) in [5.41, 5.74) is 0.592. The first-order valence-electron chi connectivity index (χ1n) is 5.18. The summed E-state index contributed by atoms with van der Waals surface area (Å²) < 4.78 is 32.3. The van der Waals surface area contributed by atoms with E-state index in [0.717, 1.165) is 6.07 Å². The van der Waals surface area contributed by atoms with Crippen molar-refractivity contribution in [3.8, 4) is 5.75 Å². The first kappa shape index (κ1) is 14.6. The van der Waals surface area contributed by atoms with Gasteiger partial charge in [-0.3, -0.25) is 0 Å². The van der Waals surface area contributed by atoms with Crippen molar-refractivity contribution in [2.45, 2.75) is 6.61 Å². The minimum Gasteiger partial charge on any atom is -0.486 e. The van der Waals surface area contributed by atoms with Crippen LogP contribution in [0.1, 0.15) is 5.56 Å². The fourth-order valence-corrected chi connectivity index (χ4v) is 2.22. The van der Waals surface area contributed by atoms with E-state index in [-0.39, 0.29) is 12.4 Å². The molecule has 0 amide bonds.